The lowest BCUT2D eigenvalue weighted by molar-refractivity contribution is -0.138. The summed E-state index contributed by atoms with van der Waals surface area (Å²) in [6.45, 7) is 5.19. The van der Waals surface area contributed by atoms with Gasteiger partial charge >= 0.3 is 6.18 Å². The number of fused-ring (bicyclic) bond motifs is 1. The smallest absolute Gasteiger partial charge is 0.320 e. The average molecular weight is 478 g/mol. The van der Waals surface area contributed by atoms with Crippen LogP contribution in [0.5, 0.6) is 0 Å². The van der Waals surface area contributed by atoms with Crippen molar-refractivity contribution in [2.45, 2.75) is 33.0 Å². The number of nitrogens with one attached hydrogen (secondary N) is 1. The Morgan fingerprint density at radius 3 is 2.52 bits per heavy atom. The van der Waals surface area contributed by atoms with Crippen LogP contribution in [0, 0.1) is 13.8 Å². The lowest BCUT2D eigenvalue weighted by Crippen LogP contribution is -2.43. The number of anilines is 2. The first-order chi connectivity index (χ1) is 15.1. The van der Waals surface area contributed by atoms with Crippen LogP contribution in [0.1, 0.15) is 50.5 Å². The van der Waals surface area contributed by atoms with E-state index >= 15 is 0 Å². The van der Waals surface area contributed by atoms with Gasteiger partial charge in [-0.15, -0.1) is 0 Å². The predicted molar refractivity (Wildman–Crippen MR) is 122 cm³/mol. The molecule has 11 heteroatoms. The second-order valence-corrected chi connectivity index (χ2v) is 7.76. The molecule has 4 rings (SSSR count). The number of aromatic nitrogens is 3. The molecule has 0 aliphatic carbocycles. The summed E-state index contributed by atoms with van der Waals surface area (Å²) in [5.74, 6) is -1.03. The zero-order chi connectivity index (χ0) is 23.2. The normalized spacial score (nSPS) is 15.6. The average Bonchev–Trinajstić information content (AvgIpc) is 3.17. The van der Waals surface area contributed by atoms with E-state index in [1.54, 1.807) is 12.3 Å². The molecule has 0 radical (unpaired) electrons. The van der Waals surface area contributed by atoms with Crippen LogP contribution in [0.3, 0.4) is 0 Å². The Bertz CT molecular complexity index is 1220. The number of hydrogen-bond donors (Lipinski definition) is 1. The Kier molecular flexibility index (Phi) is 6.55. The number of aryl methyl sites for hydroxylation is 2. The van der Waals surface area contributed by atoms with Gasteiger partial charge in [-0.1, -0.05) is 0 Å². The first-order valence-electron chi connectivity index (χ1n) is 9.87. The molecule has 1 atom stereocenters. The fourth-order valence-corrected chi connectivity index (χ4v) is 3.77. The molecule has 2 amide bonds. The highest BCUT2D eigenvalue weighted by molar-refractivity contribution is 7.59. The Labute approximate surface area is 195 Å². The number of amides is 2. The zero-order valence-corrected chi connectivity index (χ0v) is 19.1. The van der Waals surface area contributed by atoms with Crippen LogP contribution in [-0.2, 0) is 6.18 Å². The Hall–Kier alpha value is -3.34. The second-order valence-electron chi connectivity index (χ2n) is 7.76. The minimum absolute atomic E-state index is 0. The first kappa shape index (κ1) is 24.3. The molecule has 0 saturated heterocycles. The Balaban J connectivity index is 0.00000306. The van der Waals surface area contributed by atoms with Gasteiger partial charge in [0.2, 0.25) is 0 Å². The van der Waals surface area contributed by atoms with E-state index in [1.807, 2.05) is 13.8 Å². The highest BCUT2D eigenvalue weighted by atomic mass is 32.1. The van der Waals surface area contributed by atoms with E-state index in [0.717, 1.165) is 11.6 Å². The maximum atomic E-state index is 13.3. The van der Waals surface area contributed by atoms with E-state index in [-0.39, 0.29) is 42.9 Å². The number of hydrogen-bond acceptors (Lipinski definition) is 4. The van der Waals surface area contributed by atoms with Gasteiger partial charge in [0.05, 0.1) is 35.2 Å². The number of pyridine rings is 1. The maximum Gasteiger partial charge on any atom is 0.416 e. The summed E-state index contributed by atoms with van der Waals surface area (Å²) in [6.07, 6.45) is -0.0464. The van der Waals surface area contributed by atoms with Crippen molar-refractivity contribution >= 4 is 36.7 Å². The van der Waals surface area contributed by atoms with Crippen molar-refractivity contribution in [1.82, 2.24) is 14.8 Å². The monoisotopic (exact) mass is 477 g/mol. The molecule has 174 valence electrons. The number of rotatable bonds is 3. The molecule has 0 bridgehead atoms. The van der Waals surface area contributed by atoms with Crippen molar-refractivity contribution in [3.8, 4) is 0 Å². The molecule has 1 aliphatic rings. The molecule has 33 heavy (non-hydrogen) atoms. The topological polar surface area (TPSA) is 80.1 Å². The summed E-state index contributed by atoms with van der Waals surface area (Å²) in [7, 11) is 0. The first-order valence-corrected chi connectivity index (χ1v) is 9.87. The van der Waals surface area contributed by atoms with E-state index in [2.05, 4.69) is 15.4 Å². The summed E-state index contributed by atoms with van der Waals surface area (Å²) in [5.41, 5.74) is 1.06. The van der Waals surface area contributed by atoms with Crippen LogP contribution in [-0.4, -0.2) is 33.1 Å². The summed E-state index contributed by atoms with van der Waals surface area (Å²) in [6, 6.07) is 5.02. The van der Waals surface area contributed by atoms with Crippen LogP contribution in [0.15, 0.2) is 42.9 Å². The standard InChI is InChI=1S/C22H20F3N5O2.H2S/c1-12-6-7-26-10-18(12)28-20(31)16-9-27-30-14(3)11-29(21(32)19(16)30)15-4-5-17(13(2)8-15)22(23,24)25;/h4-10,14H,11H2,1-3H3,(H,28,31);1H2/t14-;/m0./s1. The van der Waals surface area contributed by atoms with Crippen LogP contribution in [0.25, 0.3) is 0 Å². The van der Waals surface area contributed by atoms with Crippen LogP contribution < -0.4 is 10.2 Å². The van der Waals surface area contributed by atoms with E-state index in [9.17, 15) is 22.8 Å². The fourth-order valence-electron chi connectivity index (χ4n) is 3.77. The summed E-state index contributed by atoms with van der Waals surface area (Å²) in [5, 5.41) is 6.94. The number of nitrogens with zero attached hydrogens (tertiary/aromatic N) is 4. The Morgan fingerprint density at radius 2 is 1.88 bits per heavy atom. The van der Waals surface area contributed by atoms with Crippen molar-refractivity contribution < 1.29 is 22.8 Å². The van der Waals surface area contributed by atoms with Gasteiger partial charge in [0, 0.05) is 18.4 Å². The number of halogens is 3. The van der Waals surface area contributed by atoms with Crippen molar-refractivity contribution in [1.29, 1.82) is 0 Å². The molecule has 0 spiro atoms. The number of alkyl halides is 3. The van der Waals surface area contributed by atoms with E-state index in [1.165, 1.54) is 41.0 Å². The van der Waals surface area contributed by atoms with Gasteiger partial charge in [0.1, 0.15) is 5.69 Å². The molecule has 7 nitrogen and oxygen atoms in total. The second kappa shape index (κ2) is 8.89. The third-order valence-electron chi connectivity index (χ3n) is 5.47. The number of benzene rings is 1. The van der Waals surface area contributed by atoms with Gasteiger partial charge in [-0.3, -0.25) is 19.3 Å². The van der Waals surface area contributed by atoms with Crippen LogP contribution >= 0.6 is 13.5 Å². The van der Waals surface area contributed by atoms with Crippen molar-refractivity contribution in [3.63, 3.8) is 0 Å². The lowest BCUT2D eigenvalue weighted by atomic mass is 10.0. The largest absolute Gasteiger partial charge is 0.416 e. The van der Waals surface area contributed by atoms with Gasteiger partial charge in [-0.2, -0.15) is 31.8 Å². The van der Waals surface area contributed by atoms with Crippen LogP contribution in [0.2, 0.25) is 0 Å². The highest BCUT2D eigenvalue weighted by Crippen LogP contribution is 2.35. The molecule has 1 aromatic carbocycles. The van der Waals surface area contributed by atoms with E-state index < -0.39 is 23.6 Å². The summed E-state index contributed by atoms with van der Waals surface area (Å²) in [4.78, 5) is 31.6. The molecular formula is C22H22F3N5O2S. The molecule has 0 saturated carbocycles. The van der Waals surface area contributed by atoms with Gasteiger partial charge in [0.15, 0.2) is 0 Å². The molecule has 0 unspecified atom stereocenters. The molecular weight excluding hydrogens is 455 g/mol. The molecule has 3 heterocycles. The lowest BCUT2D eigenvalue weighted by Gasteiger charge is -2.32. The van der Waals surface area contributed by atoms with Gasteiger partial charge in [-0.05, 0) is 56.2 Å². The van der Waals surface area contributed by atoms with Gasteiger partial charge in [0.25, 0.3) is 11.8 Å². The molecule has 0 fully saturated rings. The summed E-state index contributed by atoms with van der Waals surface area (Å²) >= 11 is 0. The molecule has 1 aliphatic heterocycles. The quantitative estimate of drug-likeness (QED) is 0.603. The number of carbonyl (C=O) groups is 2. The molecule has 3 aromatic rings. The third kappa shape index (κ3) is 4.45. The number of carbonyl (C=O) groups excluding carboxylic acids is 2. The van der Waals surface area contributed by atoms with Crippen molar-refractivity contribution in [2.24, 2.45) is 0 Å². The van der Waals surface area contributed by atoms with Gasteiger partial charge < -0.3 is 10.2 Å². The fraction of sp³-hybridized carbons (Fsp3) is 0.273. The highest BCUT2D eigenvalue weighted by Gasteiger charge is 2.37. The van der Waals surface area contributed by atoms with Crippen molar-refractivity contribution in [2.75, 3.05) is 16.8 Å². The molecule has 2 aromatic heterocycles. The molecule has 1 N–H and O–H groups in total. The zero-order valence-electron chi connectivity index (χ0n) is 18.1. The van der Waals surface area contributed by atoms with E-state index in [4.69, 9.17) is 0 Å². The van der Waals surface area contributed by atoms with Crippen molar-refractivity contribution in [3.05, 3.63) is 70.8 Å². The van der Waals surface area contributed by atoms with Crippen LogP contribution in [0.4, 0.5) is 24.5 Å². The van der Waals surface area contributed by atoms with E-state index in [0.29, 0.717) is 11.4 Å². The predicted octanol–water partition coefficient (Wildman–Crippen LogP) is 4.50. The summed E-state index contributed by atoms with van der Waals surface area (Å²) < 4.78 is 40.8. The SMILES string of the molecule is Cc1ccncc1NC(=O)c1cnn2c1C(=O)N(c1ccc(C(F)(F)F)c(C)c1)C[C@@H]2C.S. The Morgan fingerprint density at radius 1 is 1.15 bits per heavy atom. The maximum absolute atomic E-state index is 13.3. The van der Waals surface area contributed by atoms with Gasteiger partial charge in [-0.25, -0.2) is 0 Å². The minimum Gasteiger partial charge on any atom is -0.320 e. The minimum atomic E-state index is -4.48. The third-order valence-corrected chi connectivity index (χ3v) is 5.47.